The van der Waals surface area contributed by atoms with E-state index >= 15 is 0 Å². The summed E-state index contributed by atoms with van der Waals surface area (Å²) in [5.74, 6) is 0.879. The third-order valence-electron chi connectivity index (χ3n) is 3.09. The zero-order chi connectivity index (χ0) is 9.97. The third kappa shape index (κ3) is 2.06. The summed E-state index contributed by atoms with van der Waals surface area (Å²) in [4.78, 5) is 4.14. The van der Waals surface area contributed by atoms with E-state index in [1.165, 1.54) is 30.5 Å². The van der Waals surface area contributed by atoms with Crippen LogP contribution in [0.1, 0.15) is 31.7 Å². The Labute approximate surface area is 85.7 Å². The molecule has 0 aliphatic heterocycles. The van der Waals surface area contributed by atoms with Gasteiger partial charge in [-0.25, -0.2) is 0 Å². The molecule has 0 unspecified atom stereocenters. The van der Waals surface area contributed by atoms with E-state index in [9.17, 15) is 0 Å². The number of aromatic nitrogens is 1. The molecule has 2 rings (SSSR count). The standard InChI is InChI=1S/C12H18N2/c1-9-3-4-11(7-9)14-12-8-13-6-5-10(12)2/h5-6,8-9,11,14H,3-4,7H2,1-2H3/t9-,11+/m1/s1. The fourth-order valence-corrected chi connectivity index (χ4v) is 2.17. The molecule has 0 radical (unpaired) electrons. The Bertz CT molecular complexity index is 309. The van der Waals surface area contributed by atoms with Crippen LogP contribution in [0.5, 0.6) is 0 Å². The van der Waals surface area contributed by atoms with Crippen molar-refractivity contribution in [2.24, 2.45) is 5.92 Å². The molecule has 1 N–H and O–H groups in total. The fourth-order valence-electron chi connectivity index (χ4n) is 2.17. The monoisotopic (exact) mass is 190 g/mol. The van der Waals surface area contributed by atoms with Crippen LogP contribution >= 0.6 is 0 Å². The topological polar surface area (TPSA) is 24.9 Å². The molecule has 0 aromatic carbocycles. The van der Waals surface area contributed by atoms with Gasteiger partial charge in [0.05, 0.1) is 11.9 Å². The Hall–Kier alpha value is -1.05. The quantitative estimate of drug-likeness (QED) is 0.775. The lowest BCUT2D eigenvalue weighted by atomic mass is 10.1. The molecular formula is C12H18N2. The summed E-state index contributed by atoms with van der Waals surface area (Å²) in [6.45, 7) is 4.46. The van der Waals surface area contributed by atoms with E-state index in [1.807, 2.05) is 12.4 Å². The van der Waals surface area contributed by atoms with Gasteiger partial charge in [-0.2, -0.15) is 0 Å². The highest BCUT2D eigenvalue weighted by molar-refractivity contribution is 5.48. The third-order valence-corrected chi connectivity index (χ3v) is 3.09. The Morgan fingerprint density at radius 1 is 1.43 bits per heavy atom. The molecular weight excluding hydrogens is 172 g/mol. The average Bonchev–Trinajstić information content (AvgIpc) is 2.56. The van der Waals surface area contributed by atoms with Gasteiger partial charge in [-0.1, -0.05) is 6.92 Å². The highest BCUT2D eigenvalue weighted by atomic mass is 14.9. The van der Waals surface area contributed by atoms with Crippen LogP contribution in [0.25, 0.3) is 0 Å². The lowest BCUT2D eigenvalue weighted by Crippen LogP contribution is -2.16. The summed E-state index contributed by atoms with van der Waals surface area (Å²) in [5.41, 5.74) is 2.49. The van der Waals surface area contributed by atoms with E-state index in [1.54, 1.807) is 0 Å². The molecule has 0 spiro atoms. The van der Waals surface area contributed by atoms with Crippen molar-refractivity contribution < 1.29 is 0 Å². The molecule has 1 aromatic heterocycles. The lowest BCUT2D eigenvalue weighted by molar-refractivity contribution is 0.602. The van der Waals surface area contributed by atoms with Crippen molar-refractivity contribution in [1.29, 1.82) is 0 Å². The summed E-state index contributed by atoms with van der Waals surface area (Å²) >= 11 is 0. The Morgan fingerprint density at radius 2 is 2.29 bits per heavy atom. The number of rotatable bonds is 2. The highest BCUT2D eigenvalue weighted by Crippen LogP contribution is 2.27. The molecule has 2 heteroatoms. The van der Waals surface area contributed by atoms with Crippen LogP contribution < -0.4 is 5.32 Å². The molecule has 1 fully saturated rings. The average molecular weight is 190 g/mol. The Balaban J connectivity index is 2.01. The molecule has 2 nitrogen and oxygen atoms in total. The van der Waals surface area contributed by atoms with E-state index < -0.39 is 0 Å². The van der Waals surface area contributed by atoms with Gasteiger partial charge < -0.3 is 5.32 Å². The Morgan fingerprint density at radius 3 is 2.93 bits per heavy atom. The van der Waals surface area contributed by atoms with Gasteiger partial charge in [-0.15, -0.1) is 0 Å². The van der Waals surface area contributed by atoms with Gasteiger partial charge in [-0.05, 0) is 43.7 Å². The second-order valence-electron chi connectivity index (χ2n) is 4.45. The first-order valence-corrected chi connectivity index (χ1v) is 5.43. The molecule has 1 aliphatic carbocycles. The van der Waals surface area contributed by atoms with Gasteiger partial charge >= 0.3 is 0 Å². The molecule has 2 atom stereocenters. The number of aryl methyl sites for hydroxylation is 1. The number of hydrogen-bond acceptors (Lipinski definition) is 2. The van der Waals surface area contributed by atoms with Crippen LogP contribution in [0.3, 0.4) is 0 Å². The van der Waals surface area contributed by atoms with Gasteiger partial charge in [0.25, 0.3) is 0 Å². The van der Waals surface area contributed by atoms with E-state index in [2.05, 4.69) is 30.2 Å². The SMILES string of the molecule is Cc1ccncc1N[C@H]1CC[C@@H](C)C1. The predicted molar refractivity (Wildman–Crippen MR) is 59.4 cm³/mol. The van der Waals surface area contributed by atoms with Crippen molar-refractivity contribution in [2.75, 3.05) is 5.32 Å². The van der Waals surface area contributed by atoms with Gasteiger partial charge in [0.15, 0.2) is 0 Å². The minimum Gasteiger partial charge on any atom is -0.381 e. The number of nitrogens with zero attached hydrogens (tertiary/aromatic N) is 1. The van der Waals surface area contributed by atoms with Crippen LogP contribution in [-0.2, 0) is 0 Å². The van der Waals surface area contributed by atoms with E-state index in [0.29, 0.717) is 6.04 Å². The minimum absolute atomic E-state index is 0.660. The van der Waals surface area contributed by atoms with Crippen LogP contribution in [0.15, 0.2) is 18.5 Å². The largest absolute Gasteiger partial charge is 0.381 e. The van der Waals surface area contributed by atoms with Crippen molar-refractivity contribution >= 4 is 5.69 Å². The van der Waals surface area contributed by atoms with Crippen LogP contribution in [0, 0.1) is 12.8 Å². The van der Waals surface area contributed by atoms with Gasteiger partial charge in [0.1, 0.15) is 0 Å². The van der Waals surface area contributed by atoms with Crippen LogP contribution in [-0.4, -0.2) is 11.0 Å². The molecule has 1 aliphatic rings. The number of anilines is 1. The summed E-state index contributed by atoms with van der Waals surface area (Å²) in [6, 6.07) is 2.72. The molecule has 0 amide bonds. The van der Waals surface area contributed by atoms with E-state index in [4.69, 9.17) is 0 Å². The van der Waals surface area contributed by atoms with Crippen LogP contribution in [0.4, 0.5) is 5.69 Å². The highest BCUT2D eigenvalue weighted by Gasteiger charge is 2.21. The maximum absolute atomic E-state index is 4.14. The second-order valence-corrected chi connectivity index (χ2v) is 4.45. The summed E-state index contributed by atoms with van der Waals surface area (Å²) in [5, 5.41) is 3.58. The predicted octanol–water partition coefficient (Wildman–Crippen LogP) is 2.99. The van der Waals surface area contributed by atoms with E-state index in [-0.39, 0.29) is 0 Å². The first-order valence-electron chi connectivity index (χ1n) is 5.43. The minimum atomic E-state index is 0.660. The molecule has 1 saturated carbocycles. The maximum atomic E-state index is 4.14. The number of pyridine rings is 1. The summed E-state index contributed by atoms with van der Waals surface area (Å²) in [7, 11) is 0. The van der Waals surface area contributed by atoms with Crippen molar-refractivity contribution in [3.8, 4) is 0 Å². The Kier molecular flexibility index (Phi) is 2.71. The molecule has 1 heterocycles. The van der Waals surface area contributed by atoms with E-state index in [0.717, 1.165) is 5.92 Å². The zero-order valence-electron chi connectivity index (χ0n) is 8.96. The normalized spacial score (nSPS) is 26.4. The maximum Gasteiger partial charge on any atom is 0.0558 e. The lowest BCUT2D eigenvalue weighted by Gasteiger charge is -2.15. The first kappa shape index (κ1) is 9.50. The van der Waals surface area contributed by atoms with Gasteiger partial charge in [0, 0.05) is 12.2 Å². The molecule has 14 heavy (non-hydrogen) atoms. The van der Waals surface area contributed by atoms with Crippen molar-refractivity contribution in [3.05, 3.63) is 24.0 Å². The van der Waals surface area contributed by atoms with Crippen molar-refractivity contribution in [1.82, 2.24) is 4.98 Å². The molecule has 0 saturated heterocycles. The summed E-state index contributed by atoms with van der Waals surface area (Å²) in [6.07, 6.45) is 7.73. The van der Waals surface area contributed by atoms with Gasteiger partial charge in [0.2, 0.25) is 0 Å². The molecule has 0 bridgehead atoms. The van der Waals surface area contributed by atoms with Crippen LogP contribution in [0.2, 0.25) is 0 Å². The first-order chi connectivity index (χ1) is 6.75. The second kappa shape index (κ2) is 3.99. The fraction of sp³-hybridized carbons (Fsp3) is 0.583. The van der Waals surface area contributed by atoms with Gasteiger partial charge in [-0.3, -0.25) is 4.98 Å². The molecule has 1 aromatic rings. The van der Waals surface area contributed by atoms with Crippen molar-refractivity contribution in [2.45, 2.75) is 39.2 Å². The number of hydrogen-bond donors (Lipinski definition) is 1. The number of nitrogens with one attached hydrogen (secondary N) is 1. The summed E-state index contributed by atoms with van der Waals surface area (Å²) < 4.78 is 0. The smallest absolute Gasteiger partial charge is 0.0558 e. The van der Waals surface area contributed by atoms with Crippen molar-refractivity contribution in [3.63, 3.8) is 0 Å². The molecule has 76 valence electrons. The zero-order valence-corrected chi connectivity index (χ0v) is 8.96.